The molecule has 2 aromatic heterocycles. The number of amides is 2. The highest BCUT2D eigenvalue weighted by Crippen LogP contribution is 2.29. The van der Waals surface area contributed by atoms with Crippen molar-refractivity contribution >= 4 is 17.4 Å². The summed E-state index contributed by atoms with van der Waals surface area (Å²) in [5.41, 5.74) is 2.08. The van der Waals surface area contributed by atoms with Crippen molar-refractivity contribution in [2.24, 2.45) is 7.05 Å². The number of urea groups is 1. The van der Waals surface area contributed by atoms with Gasteiger partial charge in [0, 0.05) is 42.3 Å². The predicted octanol–water partition coefficient (Wildman–Crippen LogP) is 2.59. The fourth-order valence-electron chi connectivity index (χ4n) is 3.19. The van der Waals surface area contributed by atoms with Crippen LogP contribution in [0.4, 0.5) is 4.79 Å². The number of rotatable bonds is 5. The van der Waals surface area contributed by atoms with Crippen molar-refractivity contribution in [3.63, 3.8) is 0 Å². The van der Waals surface area contributed by atoms with E-state index in [4.69, 9.17) is 0 Å². The molecule has 2 unspecified atom stereocenters. The number of hydrogen-bond donors (Lipinski definition) is 2. The van der Waals surface area contributed by atoms with Crippen molar-refractivity contribution in [3.05, 3.63) is 39.8 Å². The third-order valence-electron chi connectivity index (χ3n) is 4.77. The molecular weight excluding hydrogens is 324 g/mol. The van der Waals surface area contributed by atoms with Crippen LogP contribution in [0, 0.1) is 6.92 Å². The molecule has 2 aromatic rings. The highest BCUT2D eigenvalue weighted by molar-refractivity contribution is 7.10. The van der Waals surface area contributed by atoms with Crippen molar-refractivity contribution in [2.75, 3.05) is 6.54 Å². The van der Waals surface area contributed by atoms with Crippen LogP contribution in [0.3, 0.4) is 0 Å². The number of hydrogen-bond acceptors (Lipinski definition) is 4. The van der Waals surface area contributed by atoms with Crippen LogP contribution in [0.5, 0.6) is 0 Å². The lowest BCUT2D eigenvalue weighted by Gasteiger charge is -2.26. The fourth-order valence-corrected chi connectivity index (χ4v) is 3.92. The standard InChI is InChI=1S/C17H24N4O2S/c1-12-13(11-19-20(12)2)10-18-17(23)21-7-3-5-14(21)9-15(22)16-6-4-8-24-16/h4,6,8,11,14-15,22H,3,5,7,9-10H2,1-2H3,(H,18,23). The second-order valence-corrected chi connectivity index (χ2v) is 7.27. The molecule has 2 atom stereocenters. The Balaban J connectivity index is 1.56. The van der Waals surface area contributed by atoms with E-state index in [1.807, 2.05) is 36.4 Å². The summed E-state index contributed by atoms with van der Waals surface area (Å²) >= 11 is 1.56. The van der Waals surface area contributed by atoms with Gasteiger partial charge in [0.15, 0.2) is 0 Å². The number of carbonyl (C=O) groups is 1. The molecule has 6 nitrogen and oxygen atoms in total. The summed E-state index contributed by atoms with van der Waals surface area (Å²) in [7, 11) is 1.89. The molecule has 0 aromatic carbocycles. The third kappa shape index (κ3) is 3.62. The Bertz CT molecular complexity index is 683. The normalized spacial score (nSPS) is 18.8. The Kier molecular flexibility index (Phi) is 5.20. The molecule has 130 valence electrons. The van der Waals surface area contributed by atoms with E-state index < -0.39 is 6.10 Å². The van der Waals surface area contributed by atoms with Crippen molar-refractivity contribution < 1.29 is 9.90 Å². The summed E-state index contributed by atoms with van der Waals surface area (Å²) in [5, 5.41) is 19.5. The summed E-state index contributed by atoms with van der Waals surface area (Å²) in [6, 6.07) is 3.93. The van der Waals surface area contributed by atoms with E-state index in [-0.39, 0.29) is 12.1 Å². The van der Waals surface area contributed by atoms with Gasteiger partial charge in [0.05, 0.1) is 12.3 Å². The maximum atomic E-state index is 12.5. The number of aromatic nitrogens is 2. The van der Waals surface area contributed by atoms with Crippen LogP contribution >= 0.6 is 11.3 Å². The quantitative estimate of drug-likeness (QED) is 0.872. The van der Waals surface area contributed by atoms with Gasteiger partial charge < -0.3 is 15.3 Å². The summed E-state index contributed by atoms with van der Waals surface area (Å²) < 4.78 is 1.80. The zero-order valence-electron chi connectivity index (χ0n) is 14.1. The van der Waals surface area contributed by atoms with Crippen LogP contribution in [0.15, 0.2) is 23.7 Å². The Morgan fingerprint density at radius 1 is 1.58 bits per heavy atom. The van der Waals surface area contributed by atoms with E-state index in [9.17, 15) is 9.90 Å². The minimum Gasteiger partial charge on any atom is -0.387 e. The summed E-state index contributed by atoms with van der Waals surface area (Å²) in [5.74, 6) is 0. The van der Waals surface area contributed by atoms with E-state index in [1.54, 1.807) is 22.2 Å². The van der Waals surface area contributed by atoms with E-state index in [0.29, 0.717) is 13.0 Å². The number of nitrogens with zero attached hydrogens (tertiary/aromatic N) is 3. The zero-order chi connectivity index (χ0) is 17.1. The second-order valence-electron chi connectivity index (χ2n) is 6.29. The zero-order valence-corrected chi connectivity index (χ0v) is 14.9. The minimum atomic E-state index is -0.496. The Hall–Kier alpha value is -1.86. The Morgan fingerprint density at radius 2 is 2.42 bits per heavy atom. The van der Waals surface area contributed by atoms with E-state index in [2.05, 4.69) is 10.4 Å². The molecule has 3 heterocycles. The van der Waals surface area contributed by atoms with Gasteiger partial charge >= 0.3 is 6.03 Å². The van der Waals surface area contributed by atoms with Gasteiger partial charge in [0.25, 0.3) is 0 Å². The molecule has 1 fully saturated rings. The van der Waals surface area contributed by atoms with Gasteiger partial charge in [-0.1, -0.05) is 6.07 Å². The van der Waals surface area contributed by atoms with Gasteiger partial charge in [-0.05, 0) is 37.6 Å². The van der Waals surface area contributed by atoms with Crippen molar-refractivity contribution in [3.8, 4) is 0 Å². The van der Waals surface area contributed by atoms with Crippen LogP contribution in [0.1, 0.15) is 41.5 Å². The first kappa shape index (κ1) is 17.0. The van der Waals surface area contributed by atoms with Gasteiger partial charge in [-0.3, -0.25) is 4.68 Å². The predicted molar refractivity (Wildman–Crippen MR) is 93.8 cm³/mol. The third-order valence-corrected chi connectivity index (χ3v) is 5.75. The van der Waals surface area contributed by atoms with Gasteiger partial charge in [0.1, 0.15) is 0 Å². The topological polar surface area (TPSA) is 70.4 Å². The Morgan fingerprint density at radius 3 is 3.08 bits per heavy atom. The average Bonchev–Trinajstić information content (AvgIpc) is 3.29. The van der Waals surface area contributed by atoms with Crippen LogP contribution in [-0.4, -0.2) is 38.4 Å². The Labute approximate surface area is 146 Å². The first-order valence-corrected chi connectivity index (χ1v) is 9.17. The molecule has 7 heteroatoms. The molecule has 0 aliphatic carbocycles. The lowest BCUT2D eigenvalue weighted by molar-refractivity contribution is 0.128. The molecule has 0 saturated carbocycles. The fraction of sp³-hybridized carbons (Fsp3) is 0.529. The number of likely N-dealkylation sites (tertiary alicyclic amines) is 1. The van der Waals surface area contributed by atoms with Crippen LogP contribution in [0.2, 0.25) is 0 Å². The number of aliphatic hydroxyl groups is 1. The molecule has 2 amide bonds. The van der Waals surface area contributed by atoms with Gasteiger partial charge in [-0.25, -0.2) is 4.79 Å². The number of aliphatic hydroxyl groups excluding tert-OH is 1. The van der Waals surface area contributed by atoms with Crippen molar-refractivity contribution in [1.82, 2.24) is 20.0 Å². The number of aryl methyl sites for hydroxylation is 1. The molecule has 0 bridgehead atoms. The molecular formula is C17H24N4O2S. The van der Waals surface area contributed by atoms with E-state index >= 15 is 0 Å². The van der Waals surface area contributed by atoms with Crippen LogP contribution in [-0.2, 0) is 13.6 Å². The average molecular weight is 348 g/mol. The number of nitrogens with one attached hydrogen (secondary N) is 1. The SMILES string of the molecule is Cc1c(CNC(=O)N2CCCC2CC(O)c2cccs2)cnn1C. The molecule has 1 aliphatic heterocycles. The first-order valence-electron chi connectivity index (χ1n) is 8.29. The van der Waals surface area contributed by atoms with Crippen LogP contribution in [0.25, 0.3) is 0 Å². The molecule has 0 spiro atoms. The molecule has 3 rings (SSSR count). The molecule has 0 radical (unpaired) electrons. The summed E-state index contributed by atoms with van der Waals surface area (Å²) in [6.45, 7) is 3.22. The second kappa shape index (κ2) is 7.36. The maximum absolute atomic E-state index is 12.5. The number of carbonyl (C=O) groups excluding carboxylic acids is 1. The highest BCUT2D eigenvalue weighted by Gasteiger charge is 2.30. The summed E-state index contributed by atoms with van der Waals surface area (Å²) in [4.78, 5) is 15.4. The van der Waals surface area contributed by atoms with Crippen molar-refractivity contribution in [1.29, 1.82) is 0 Å². The maximum Gasteiger partial charge on any atom is 0.317 e. The molecule has 1 aliphatic rings. The number of thiophene rings is 1. The highest BCUT2D eigenvalue weighted by atomic mass is 32.1. The van der Waals surface area contributed by atoms with E-state index in [0.717, 1.165) is 35.5 Å². The van der Waals surface area contributed by atoms with Crippen LogP contribution < -0.4 is 5.32 Å². The lowest BCUT2D eigenvalue weighted by atomic mass is 10.1. The molecule has 1 saturated heterocycles. The molecule has 2 N–H and O–H groups in total. The minimum absolute atomic E-state index is 0.0564. The van der Waals surface area contributed by atoms with Crippen molar-refractivity contribution in [2.45, 2.75) is 44.9 Å². The largest absolute Gasteiger partial charge is 0.387 e. The lowest BCUT2D eigenvalue weighted by Crippen LogP contribution is -2.43. The first-order chi connectivity index (χ1) is 11.6. The monoisotopic (exact) mass is 348 g/mol. The van der Waals surface area contributed by atoms with Gasteiger partial charge in [-0.2, -0.15) is 5.10 Å². The molecule has 24 heavy (non-hydrogen) atoms. The summed E-state index contributed by atoms with van der Waals surface area (Å²) in [6.07, 6.45) is 3.82. The van der Waals surface area contributed by atoms with E-state index in [1.165, 1.54) is 0 Å². The smallest absolute Gasteiger partial charge is 0.317 e. The van der Waals surface area contributed by atoms with Gasteiger partial charge in [-0.15, -0.1) is 11.3 Å². The van der Waals surface area contributed by atoms with Gasteiger partial charge in [0.2, 0.25) is 0 Å².